The number of rotatable bonds is 5. The highest BCUT2D eigenvalue weighted by Crippen LogP contribution is 2.33. The Balaban J connectivity index is 1.35. The predicted octanol–water partition coefficient (Wildman–Crippen LogP) is 2.02. The number of carbonyl (C=O) groups is 1. The van der Waals surface area contributed by atoms with Crippen LogP contribution < -0.4 is 14.2 Å². The van der Waals surface area contributed by atoms with Crippen LogP contribution >= 0.6 is 11.6 Å². The molecule has 2 aromatic rings. The summed E-state index contributed by atoms with van der Waals surface area (Å²) in [5, 5.41) is 0.431. The predicted molar refractivity (Wildman–Crippen MR) is 110 cm³/mol. The summed E-state index contributed by atoms with van der Waals surface area (Å²) in [6, 6.07) is 11.5. The molecule has 30 heavy (non-hydrogen) atoms. The largest absolute Gasteiger partial charge is 0.486 e. The van der Waals surface area contributed by atoms with Crippen molar-refractivity contribution >= 4 is 27.5 Å². The van der Waals surface area contributed by atoms with Gasteiger partial charge >= 0.3 is 0 Å². The molecule has 0 aromatic heterocycles. The average molecular weight is 453 g/mol. The minimum Gasteiger partial charge on any atom is -0.486 e. The van der Waals surface area contributed by atoms with Crippen LogP contribution in [0.25, 0.3) is 0 Å². The number of para-hydroxylation sites is 1. The number of sulfonamides is 1. The molecule has 0 atom stereocenters. The zero-order valence-corrected chi connectivity index (χ0v) is 17.7. The number of nitrogens with zero attached hydrogens (tertiary/aromatic N) is 2. The van der Waals surface area contributed by atoms with Gasteiger partial charge in [0.15, 0.2) is 18.1 Å². The monoisotopic (exact) mass is 452 g/mol. The number of halogens is 1. The van der Waals surface area contributed by atoms with Gasteiger partial charge in [-0.25, -0.2) is 8.42 Å². The van der Waals surface area contributed by atoms with Gasteiger partial charge in [-0.2, -0.15) is 4.31 Å². The van der Waals surface area contributed by atoms with Gasteiger partial charge in [-0.1, -0.05) is 23.7 Å². The Hall–Kier alpha value is -2.49. The third-order valence-corrected chi connectivity index (χ3v) is 7.14. The highest BCUT2D eigenvalue weighted by atomic mass is 35.5. The van der Waals surface area contributed by atoms with E-state index in [1.54, 1.807) is 35.2 Å². The zero-order chi connectivity index (χ0) is 21.1. The van der Waals surface area contributed by atoms with Gasteiger partial charge in [0.05, 0.1) is 9.92 Å². The Morgan fingerprint density at radius 3 is 2.43 bits per heavy atom. The van der Waals surface area contributed by atoms with Crippen molar-refractivity contribution in [2.45, 2.75) is 4.90 Å². The number of benzene rings is 2. The second kappa shape index (κ2) is 8.71. The molecule has 2 aromatic carbocycles. The van der Waals surface area contributed by atoms with Crippen LogP contribution in [-0.2, 0) is 14.8 Å². The molecule has 0 saturated carbocycles. The summed E-state index contributed by atoms with van der Waals surface area (Å²) in [6.07, 6.45) is 0. The van der Waals surface area contributed by atoms with Crippen LogP contribution in [-0.4, -0.2) is 69.5 Å². The van der Waals surface area contributed by atoms with E-state index in [9.17, 15) is 13.2 Å². The van der Waals surface area contributed by atoms with Gasteiger partial charge in [0.1, 0.15) is 19.0 Å². The van der Waals surface area contributed by atoms with E-state index in [0.29, 0.717) is 35.5 Å². The molecule has 0 radical (unpaired) electrons. The van der Waals surface area contributed by atoms with E-state index in [0.717, 1.165) is 0 Å². The quantitative estimate of drug-likeness (QED) is 0.690. The minimum atomic E-state index is -3.69. The van der Waals surface area contributed by atoms with Crippen LogP contribution in [0.5, 0.6) is 17.2 Å². The van der Waals surface area contributed by atoms with E-state index < -0.39 is 10.0 Å². The molecule has 2 aliphatic rings. The number of ether oxygens (including phenoxy) is 3. The number of hydrogen-bond acceptors (Lipinski definition) is 6. The highest BCUT2D eigenvalue weighted by Gasteiger charge is 2.31. The lowest BCUT2D eigenvalue weighted by Crippen LogP contribution is -2.51. The lowest BCUT2D eigenvalue weighted by molar-refractivity contribution is -0.134. The lowest BCUT2D eigenvalue weighted by atomic mass is 10.3. The van der Waals surface area contributed by atoms with Gasteiger partial charge in [-0.15, -0.1) is 0 Å². The molecule has 0 spiro atoms. The van der Waals surface area contributed by atoms with Crippen molar-refractivity contribution in [3.63, 3.8) is 0 Å². The first-order valence-electron chi connectivity index (χ1n) is 9.50. The van der Waals surface area contributed by atoms with Crippen LogP contribution in [0.3, 0.4) is 0 Å². The van der Waals surface area contributed by atoms with Crippen molar-refractivity contribution in [2.75, 3.05) is 46.0 Å². The average Bonchev–Trinajstić information content (AvgIpc) is 2.78. The normalized spacial score (nSPS) is 16.9. The van der Waals surface area contributed by atoms with E-state index >= 15 is 0 Å². The maximum absolute atomic E-state index is 13.0. The SMILES string of the molecule is O=C(COc1ccccc1Cl)N1CCN(S(=O)(=O)c2ccc3c(c2)OCCO3)CC1. The standard InChI is InChI=1S/C20H21ClN2O6S/c21-16-3-1-2-4-17(16)29-14-20(24)22-7-9-23(10-8-22)30(25,26)15-5-6-18-19(13-15)28-12-11-27-18/h1-6,13H,7-12,14H2. The van der Waals surface area contributed by atoms with E-state index in [1.165, 1.54) is 16.4 Å². The second-order valence-corrected chi connectivity index (χ2v) is 9.15. The summed E-state index contributed by atoms with van der Waals surface area (Å²) in [6.45, 7) is 1.65. The summed E-state index contributed by atoms with van der Waals surface area (Å²) >= 11 is 6.03. The smallest absolute Gasteiger partial charge is 0.260 e. The molecule has 1 fully saturated rings. The number of piperazine rings is 1. The maximum atomic E-state index is 13.0. The minimum absolute atomic E-state index is 0.147. The van der Waals surface area contributed by atoms with Crippen molar-refractivity contribution in [1.82, 2.24) is 9.21 Å². The topological polar surface area (TPSA) is 85.4 Å². The Bertz CT molecular complexity index is 1040. The molecule has 2 heterocycles. The van der Waals surface area contributed by atoms with Crippen molar-refractivity contribution in [3.8, 4) is 17.2 Å². The molecular formula is C20H21ClN2O6S. The van der Waals surface area contributed by atoms with Crippen LogP contribution in [0.4, 0.5) is 0 Å². The van der Waals surface area contributed by atoms with E-state index in [2.05, 4.69) is 0 Å². The first-order valence-corrected chi connectivity index (χ1v) is 11.3. The molecule has 10 heteroatoms. The van der Waals surface area contributed by atoms with Crippen LogP contribution in [0.2, 0.25) is 5.02 Å². The summed E-state index contributed by atoms with van der Waals surface area (Å²) in [5.74, 6) is 1.18. The molecule has 2 aliphatic heterocycles. The third kappa shape index (κ3) is 4.33. The van der Waals surface area contributed by atoms with Crippen LogP contribution in [0.1, 0.15) is 0 Å². The van der Waals surface area contributed by atoms with E-state index in [-0.39, 0.29) is 43.6 Å². The molecule has 1 saturated heterocycles. The summed E-state index contributed by atoms with van der Waals surface area (Å²) in [7, 11) is -3.69. The highest BCUT2D eigenvalue weighted by molar-refractivity contribution is 7.89. The third-order valence-electron chi connectivity index (χ3n) is 4.93. The lowest BCUT2D eigenvalue weighted by Gasteiger charge is -2.34. The summed E-state index contributed by atoms with van der Waals surface area (Å²) in [4.78, 5) is 14.2. The van der Waals surface area contributed by atoms with E-state index in [1.807, 2.05) is 0 Å². The molecule has 160 valence electrons. The number of fused-ring (bicyclic) bond motifs is 1. The molecule has 1 amide bonds. The molecule has 0 unspecified atom stereocenters. The van der Waals surface area contributed by atoms with Gasteiger partial charge in [-0.05, 0) is 24.3 Å². The maximum Gasteiger partial charge on any atom is 0.260 e. The van der Waals surface area contributed by atoms with Gasteiger partial charge in [-0.3, -0.25) is 4.79 Å². The molecule has 0 bridgehead atoms. The van der Waals surface area contributed by atoms with Gasteiger partial charge in [0.25, 0.3) is 5.91 Å². The molecule has 4 rings (SSSR count). The molecule has 0 N–H and O–H groups in total. The van der Waals surface area contributed by atoms with Crippen LogP contribution in [0.15, 0.2) is 47.4 Å². The molecule has 0 aliphatic carbocycles. The van der Waals surface area contributed by atoms with Gasteiger partial charge in [0, 0.05) is 32.2 Å². The van der Waals surface area contributed by atoms with Crippen molar-refractivity contribution in [1.29, 1.82) is 0 Å². The molecule has 8 nitrogen and oxygen atoms in total. The second-order valence-electron chi connectivity index (χ2n) is 6.81. The Labute approximate surface area is 179 Å². The van der Waals surface area contributed by atoms with Crippen molar-refractivity contribution < 1.29 is 27.4 Å². The number of carbonyl (C=O) groups excluding carboxylic acids is 1. The molecular weight excluding hydrogens is 432 g/mol. The fourth-order valence-corrected chi connectivity index (χ4v) is 4.93. The first kappa shape index (κ1) is 20.8. The van der Waals surface area contributed by atoms with Gasteiger partial charge in [0.2, 0.25) is 10.0 Å². The first-order chi connectivity index (χ1) is 14.4. The number of hydrogen-bond donors (Lipinski definition) is 0. The van der Waals surface area contributed by atoms with Gasteiger partial charge < -0.3 is 19.1 Å². The Morgan fingerprint density at radius 2 is 1.70 bits per heavy atom. The Kier molecular flexibility index (Phi) is 6.03. The summed E-state index contributed by atoms with van der Waals surface area (Å²) < 4.78 is 43.8. The fourth-order valence-electron chi connectivity index (χ4n) is 3.30. The van der Waals surface area contributed by atoms with Crippen molar-refractivity contribution in [3.05, 3.63) is 47.5 Å². The summed E-state index contributed by atoms with van der Waals surface area (Å²) in [5.41, 5.74) is 0. The van der Waals surface area contributed by atoms with Crippen molar-refractivity contribution in [2.24, 2.45) is 0 Å². The fraction of sp³-hybridized carbons (Fsp3) is 0.350. The Morgan fingerprint density at radius 1 is 1.00 bits per heavy atom. The van der Waals surface area contributed by atoms with Crippen LogP contribution in [0, 0.1) is 0 Å². The van der Waals surface area contributed by atoms with E-state index in [4.69, 9.17) is 25.8 Å². The zero-order valence-electron chi connectivity index (χ0n) is 16.1. The number of amides is 1.